The van der Waals surface area contributed by atoms with Crippen molar-refractivity contribution in [2.24, 2.45) is 0 Å². The van der Waals surface area contributed by atoms with Gasteiger partial charge in [0.25, 0.3) is 0 Å². The molecule has 120 valence electrons. The molecule has 22 heavy (non-hydrogen) atoms. The van der Waals surface area contributed by atoms with E-state index in [4.69, 9.17) is 0 Å². The zero-order valence-corrected chi connectivity index (χ0v) is 12.5. The maximum Gasteiger partial charge on any atom is 0.314 e. The fourth-order valence-corrected chi connectivity index (χ4v) is 2.68. The standard InChI is InChI=1S/C16H21NO5/c1-10(18)17-9-6-13(19)14(20)11-4-2-3-5-12(11)16(7-8-16)15(21)22/h2-5,13-14,19-20H,6-9H2,1H3,(H,17,18)(H,21,22). The van der Waals surface area contributed by atoms with Crippen LogP contribution < -0.4 is 5.32 Å². The normalized spacial score (nSPS) is 18.3. The van der Waals surface area contributed by atoms with Crippen molar-refractivity contribution in [1.29, 1.82) is 0 Å². The van der Waals surface area contributed by atoms with Gasteiger partial charge in [0.1, 0.15) is 6.10 Å². The third kappa shape index (κ3) is 3.28. The summed E-state index contributed by atoms with van der Waals surface area (Å²) in [5.74, 6) is -1.11. The molecule has 0 radical (unpaired) electrons. The molecule has 0 saturated heterocycles. The number of aliphatic hydroxyl groups excluding tert-OH is 2. The smallest absolute Gasteiger partial charge is 0.314 e. The Labute approximate surface area is 128 Å². The van der Waals surface area contributed by atoms with Gasteiger partial charge in [0.15, 0.2) is 0 Å². The van der Waals surface area contributed by atoms with E-state index in [0.717, 1.165) is 0 Å². The van der Waals surface area contributed by atoms with Crippen molar-refractivity contribution >= 4 is 11.9 Å². The largest absolute Gasteiger partial charge is 0.481 e. The van der Waals surface area contributed by atoms with E-state index in [-0.39, 0.29) is 18.9 Å². The number of aliphatic carboxylic acids is 1. The summed E-state index contributed by atoms with van der Waals surface area (Å²) in [4.78, 5) is 22.3. The van der Waals surface area contributed by atoms with Gasteiger partial charge in [-0.05, 0) is 30.4 Å². The van der Waals surface area contributed by atoms with Crippen LogP contribution in [0.2, 0.25) is 0 Å². The number of aliphatic hydroxyl groups is 2. The van der Waals surface area contributed by atoms with Gasteiger partial charge in [-0.15, -0.1) is 0 Å². The van der Waals surface area contributed by atoms with Gasteiger partial charge in [-0.1, -0.05) is 24.3 Å². The number of hydrogen-bond donors (Lipinski definition) is 4. The third-order valence-electron chi connectivity index (χ3n) is 4.13. The first kappa shape index (κ1) is 16.5. The number of carbonyl (C=O) groups excluding carboxylic acids is 1. The molecule has 2 atom stereocenters. The molecular weight excluding hydrogens is 286 g/mol. The summed E-state index contributed by atoms with van der Waals surface area (Å²) in [5, 5.41) is 32.4. The average Bonchev–Trinajstić information content (AvgIpc) is 3.27. The minimum Gasteiger partial charge on any atom is -0.481 e. The summed E-state index contributed by atoms with van der Waals surface area (Å²) in [6, 6.07) is 6.78. The van der Waals surface area contributed by atoms with Gasteiger partial charge in [-0.2, -0.15) is 0 Å². The Kier molecular flexibility index (Phi) is 4.83. The summed E-state index contributed by atoms with van der Waals surface area (Å²) in [6.07, 6.45) is -0.989. The average molecular weight is 307 g/mol. The second kappa shape index (κ2) is 6.46. The van der Waals surface area contributed by atoms with Gasteiger partial charge >= 0.3 is 5.97 Å². The fourth-order valence-electron chi connectivity index (χ4n) is 2.68. The van der Waals surface area contributed by atoms with Crippen molar-refractivity contribution in [2.75, 3.05) is 6.54 Å². The van der Waals surface area contributed by atoms with Gasteiger partial charge in [-0.25, -0.2) is 0 Å². The second-order valence-electron chi connectivity index (χ2n) is 5.76. The van der Waals surface area contributed by atoms with Crippen molar-refractivity contribution in [2.45, 2.75) is 43.8 Å². The lowest BCUT2D eigenvalue weighted by Crippen LogP contribution is -2.29. The number of carboxylic acid groups (broad SMARTS) is 1. The molecule has 0 aliphatic heterocycles. The van der Waals surface area contributed by atoms with E-state index in [0.29, 0.717) is 24.0 Å². The molecule has 1 fully saturated rings. The fraction of sp³-hybridized carbons (Fsp3) is 0.500. The molecular formula is C16H21NO5. The zero-order chi connectivity index (χ0) is 16.3. The number of nitrogens with one attached hydrogen (secondary N) is 1. The number of amides is 1. The molecule has 1 aromatic rings. The van der Waals surface area contributed by atoms with E-state index in [1.54, 1.807) is 24.3 Å². The molecule has 1 aliphatic rings. The molecule has 0 heterocycles. The molecule has 6 heteroatoms. The molecule has 1 aromatic carbocycles. The van der Waals surface area contributed by atoms with Gasteiger partial charge in [0, 0.05) is 13.5 Å². The molecule has 1 saturated carbocycles. The molecule has 4 N–H and O–H groups in total. The van der Waals surface area contributed by atoms with Crippen LogP contribution in [0.25, 0.3) is 0 Å². The van der Waals surface area contributed by atoms with E-state index in [1.807, 2.05) is 0 Å². The molecule has 0 aromatic heterocycles. The van der Waals surface area contributed by atoms with Gasteiger partial charge < -0.3 is 20.6 Å². The summed E-state index contributed by atoms with van der Waals surface area (Å²) < 4.78 is 0. The van der Waals surface area contributed by atoms with E-state index >= 15 is 0 Å². The molecule has 2 rings (SSSR count). The minimum atomic E-state index is -1.18. The lowest BCUT2D eigenvalue weighted by atomic mass is 9.87. The highest BCUT2D eigenvalue weighted by Gasteiger charge is 2.53. The van der Waals surface area contributed by atoms with Crippen molar-refractivity contribution < 1.29 is 24.9 Å². The molecule has 0 spiro atoms. The zero-order valence-electron chi connectivity index (χ0n) is 12.5. The van der Waals surface area contributed by atoms with E-state index in [9.17, 15) is 24.9 Å². The Morgan fingerprint density at radius 3 is 2.45 bits per heavy atom. The first-order valence-electron chi connectivity index (χ1n) is 7.32. The Morgan fingerprint density at radius 2 is 1.91 bits per heavy atom. The number of carbonyl (C=O) groups is 2. The molecule has 2 unspecified atom stereocenters. The predicted octanol–water partition coefficient (Wildman–Crippen LogP) is 0.723. The van der Waals surface area contributed by atoms with Crippen molar-refractivity contribution in [1.82, 2.24) is 5.32 Å². The maximum absolute atomic E-state index is 11.5. The van der Waals surface area contributed by atoms with Crippen LogP contribution in [0.5, 0.6) is 0 Å². The van der Waals surface area contributed by atoms with Gasteiger partial charge in [0.2, 0.25) is 5.91 Å². The highest BCUT2D eigenvalue weighted by Crippen LogP contribution is 2.50. The quantitative estimate of drug-likeness (QED) is 0.594. The van der Waals surface area contributed by atoms with Crippen LogP contribution in [0.1, 0.15) is 43.4 Å². The minimum absolute atomic E-state index is 0.190. The lowest BCUT2D eigenvalue weighted by molar-refractivity contribution is -0.140. The maximum atomic E-state index is 11.5. The molecule has 6 nitrogen and oxygen atoms in total. The van der Waals surface area contributed by atoms with Crippen molar-refractivity contribution in [3.05, 3.63) is 35.4 Å². The number of hydrogen-bond acceptors (Lipinski definition) is 4. The van der Waals surface area contributed by atoms with Crippen LogP contribution in [0.15, 0.2) is 24.3 Å². The lowest BCUT2D eigenvalue weighted by Gasteiger charge is -2.23. The molecule has 1 amide bonds. The van der Waals surface area contributed by atoms with Crippen LogP contribution >= 0.6 is 0 Å². The Morgan fingerprint density at radius 1 is 1.27 bits per heavy atom. The van der Waals surface area contributed by atoms with Crippen LogP contribution in [-0.4, -0.2) is 39.8 Å². The summed E-state index contributed by atoms with van der Waals surface area (Å²) in [7, 11) is 0. The first-order chi connectivity index (χ1) is 10.4. The van der Waals surface area contributed by atoms with E-state index in [2.05, 4.69) is 5.32 Å². The van der Waals surface area contributed by atoms with Crippen LogP contribution in [-0.2, 0) is 15.0 Å². The van der Waals surface area contributed by atoms with E-state index < -0.39 is 23.6 Å². The van der Waals surface area contributed by atoms with Crippen molar-refractivity contribution in [3.63, 3.8) is 0 Å². The summed E-state index contributed by atoms with van der Waals surface area (Å²) in [5.41, 5.74) is 0.0702. The number of carboxylic acids is 1. The first-order valence-corrected chi connectivity index (χ1v) is 7.32. The third-order valence-corrected chi connectivity index (χ3v) is 4.13. The molecule has 0 bridgehead atoms. The molecule has 1 aliphatic carbocycles. The Bertz CT molecular complexity index is 567. The Hall–Kier alpha value is -1.92. The number of rotatable bonds is 7. The van der Waals surface area contributed by atoms with Crippen LogP contribution in [0, 0.1) is 0 Å². The second-order valence-corrected chi connectivity index (χ2v) is 5.76. The van der Waals surface area contributed by atoms with Gasteiger partial charge in [-0.3, -0.25) is 9.59 Å². The highest BCUT2D eigenvalue weighted by atomic mass is 16.4. The highest BCUT2D eigenvalue weighted by molar-refractivity contribution is 5.85. The summed E-state index contributed by atoms with van der Waals surface area (Å²) >= 11 is 0. The predicted molar refractivity (Wildman–Crippen MR) is 79.3 cm³/mol. The van der Waals surface area contributed by atoms with E-state index in [1.165, 1.54) is 6.92 Å². The monoisotopic (exact) mass is 307 g/mol. The SMILES string of the molecule is CC(=O)NCCC(O)C(O)c1ccccc1C1(C(=O)O)CC1. The summed E-state index contributed by atoms with van der Waals surface area (Å²) in [6.45, 7) is 1.63. The number of benzene rings is 1. The van der Waals surface area contributed by atoms with Crippen LogP contribution in [0.3, 0.4) is 0 Å². The van der Waals surface area contributed by atoms with Crippen molar-refractivity contribution in [3.8, 4) is 0 Å². The Balaban J connectivity index is 2.15. The van der Waals surface area contributed by atoms with Crippen LogP contribution in [0.4, 0.5) is 0 Å². The van der Waals surface area contributed by atoms with Gasteiger partial charge in [0.05, 0.1) is 11.5 Å². The topological polar surface area (TPSA) is 107 Å².